The van der Waals surface area contributed by atoms with Crippen LogP contribution < -0.4 is 24.8 Å². The average molecular weight is 676 g/mol. The maximum Gasteiger partial charge on any atom is -1.00 e. The number of rotatable bonds is 6. The maximum atomic E-state index is 2.72. The van der Waals surface area contributed by atoms with Crippen molar-refractivity contribution >= 4 is 28.3 Å². The number of allylic oxidation sites excluding steroid dienone is 2. The summed E-state index contributed by atoms with van der Waals surface area (Å²) in [6, 6.07) is 28.3. The van der Waals surface area contributed by atoms with E-state index in [2.05, 4.69) is 74.5 Å². The third-order valence-corrected chi connectivity index (χ3v) is 28.6. The van der Waals surface area contributed by atoms with Crippen LogP contribution in [0.5, 0.6) is 0 Å². The van der Waals surface area contributed by atoms with Gasteiger partial charge in [0.1, 0.15) is 0 Å². The predicted molar refractivity (Wildman–Crippen MR) is 135 cm³/mol. The molecule has 0 saturated carbocycles. The minimum Gasteiger partial charge on any atom is -1.00 e. The molecule has 6 rings (SSSR count). The molecular weight excluding hydrogens is 642 g/mol. The molecule has 0 radical (unpaired) electrons. The Hall–Kier alpha value is -0.196. The Labute approximate surface area is 225 Å². The van der Waals surface area contributed by atoms with E-state index >= 15 is 0 Å². The van der Waals surface area contributed by atoms with Gasteiger partial charge in [-0.25, -0.2) is 0 Å². The van der Waals surface area contributed by atoms with Crippen molar-refractivity contribution in [2.24, 2.45) is 0 Å². The Bertz CT molecular complexity index is 988. The van der Waals surface area contributed by atoms with Gasteiger partial charge in [0, 0.05) is 0 Å². The number of halogens is 2. The standard InChI is InChI=1S/2C14H17Si.2ClH.Hf/c2*1-2-15(10-5-11-15)14-9-8-12-6-3-4-7-13(12)14;;;/h2*3-4,6-8,14H,2,5,10-11H2,1H3;2*1H;/q;;;;+2/p-2. The molecule has 172 valence electrons. The number of hydrogen-bond donors (Lipinski definition) is 0. The number of fused-ring (bicyclic) bond motifs is 2. The summed E-state index contributed by atoms with van der Waals surface area (Å²) in [7, 11) is -2.31. The zero-order valence-corrected chi connectivity index (χ0v) is 26.9. The van der Waals surface area contributed by atoms with Crippen LogP contribution >= 0.6 is 0 Å². The minimum atomic E-state index is -1.16. The van der Waals surface area contributed by atoms with Crippen LogP contribution in [0.1, 0.15) is 60.0 Å². The van der Waals surface area contributed by atoms with Crippen LogP contribution in [-0.2, 0) is 22.9 Å². The van der Waals surface area contributed by atoms with Crippen LogP contribution in [-0.4, -0.2) is 16.1 Å². The Balaban J connectivity index is 0.00000130. The van der Waals surface area contributed by atoms with E-state index in [-0.39, 0.29) is 24.8 Å². The van der Waals surface area contributed by atoms with E-state index in [1.54, 1.807) is 46.4 Å². The Kier molecular flexibility index (Phi) is 7.88. The Morgan fingerprint density at radius 1 is 0.667 bits per heavy atom. The van der Waals surface area contributed by atoms with Gasteiger partial charge in [-0.3, -0.25) is 0 Å². The van der Waals surface area contributed by atoms with E-state index in [9.17, 15) is 0 Å². The predicted octanol–water partition coefficient (Wildman–Crippen LogP) is 2.18. The molecule has 2 aromatic carbocycles. The zero-order chi connectivity index (χ0) is 21.1. The largest absolute Gasteiger partial charge is 1.00 e. The second-order valence-electron chi connectivity index (χ2n) is 10.6. The second-order valence-corrected chi connectivity index (χ2v) is 25.7. The molecule has 0 aromatic heterocycles. The fourth-order valence-electron chi connectivity index (χ4n) is 7.30. The molecular formula is C28H34Cl2HfSi2. The fourth-order valence-corrected chi connectivity index (χ4v) is 29.3. The van der Waals surface area contributed by atoms with E-state index in [0.717, 1.165) is 11.1 Å². The Morgan fingerprint density at radius 3 is 1.39 bits per heavy atom. The number of benzene rings is 2. The average Bonchev–Trinajstić information content (AvgIpc) is 3.27. The first-order valence-corrected chi connectivity index (χ1v) is 21.6. The second kappa shape index (κ2) is 10.0. The summed E-state index contributed by atoms with van der Waals surface area (Å²) in [4.78, 5) is 0. The summed E-state index contributed by atoms with van der Waals surface area (Å²) < 4.78 is 3.97. The third-order valence-electron chi connectivity index (χ3n) is 9.48. The van der Waals surface area contributed by atoms with E-state index in [0.29, 0.717) is 0 Å². The van der Waals surface area contributed by atoms with Gasteiger partial charge in [0.2, 0.25) is 0 Å². The SMILES string of the molecule is CC[Si]1(C2[C]([Hf+2][C]3=Cc4ccccc4C3[Si]3(CC)CCC3)=Cc3ccccc32)CCC1.[Cl-].[Cl-]. The monoisotopic (exact) mass is 676 g/mol. The normalized spacial score (nSPS) is 25.0. The van der Waals surface area contributed by atoms with Gasteiger partial charge in [0.25, 0.3) is 0 Å². The first kappa shape index (κ1) is 25.9. The molecule has 2 aliphatic heterocycles. The molecule has 2 atom stereocenters. The van der Waals surface area contributed by atoms with Crippen molar-refractivity contribution in [2.75, 3.05) is 0 Å². The molecule has 2 heterocycles. The van der Waals surface area contributed by atoms with E-state index in [1.807, 2.05) is 6.66 Å². The van der Waals surface area contributed by atoms with Crippen molar-refractivity contribution in [1.82, 2.24) is 0 Å². The summed E-state index contributed by atoms with van der Waals surface area (Å²) in [6.45, 7) is 5.05. The third kappa shape index (κ3) is 4.02. The van der Waals surface area contributed by atoms with Gasteiger partial charge < -0.3 is 24.8 Å². The first-order valence-electron chi connectivity index (χ1n) is 12.6. The van der Waals surface area contributed by atoms with Gasteiger partial charge >= 0.3 is 203 Å². The van der Waals surface area contributed by atoms with Crippen LogP contribution in [0.25, 0.3) is 12.2 Å². The molecule has 2 unspecified atom stereocenters. The molecule has 4 aliphatic rings. The van der Waals surface area contributed by atoms with Crippen molar-refractivity contribution in [1.29, 1.82) is 0 Å². The summed E-state index contributed by atoms with van der Waals surface area (Å²) in [5.74, 6) is 0. The molecule has 2 aliphatic carbocycles. The smallest absolute Gasteiger partial charge is 1.00 e. The van der Waals surface area contributed by atoms with E-state index in [1.165, 1.54) is 24.9 Å². The van der Waals surface area contributed by atoms with Crippen LogP contribution in [0.2, 0.25) is 36.3 Å². The molecule has 5 heteroatoms. The van der Waals surface area contributed by atoms with Gasteiger partial charge in [-0.15, -0.1) is 0 Å². The van der Waals surface area contributed by atoms with Gasteiger partial charge in [-0.05, 0) is 0 Å². The fraction of sp³-hybridized carbons (Fsp3) is 0.429. The summed E-state index contributed by atoms with van der Waals surface area (Å²) >= 11 is -1.05. The molecule has 0 bridgehead atoms. The quantitative estimate of drug-likeness (QED) is 0.413. The molecule has 0 spiro atoms. The Morgan fingerprint density at radius 2 is 1.06 bits per heavy atom. The van der Waals surface area contributed by atoms with Crippen molar-refractivity contribution in [3.8, 4) is 0 Å². The summed E-state index contributed by atoms with van der Waals surface area (Å²) in [5, 5.41) is 0. The van der Waals surface area contributed by atoms with Crippen LogP contribution in [0.4, 0.5) is 0 Å². The molecule has 0 amide bonds. The molecule has 2 aromatic rings. The van der Waals surface area contributed by atoms with Gasteiger partial charge in [-0.2, -0.15) is 0 Å². The molecule has 2 fully saturated rings. The van der Waals surface area contributed by atoms with Crippen molar-refractivity contribution in [3.63, 3.8) is 0 Å². The molecule has 0 nitrogen and oxygen atoms in total. The van der Waals surface area contributed by atoms with Crippen LogP contribution in [0.3, 0.4) is 0 Å². The summed E-state index contributed by atoms with van der Waals surface area (Å²) in [6.07, 6.45) is 8.44. The molecule has 33 heavy (non-hydrogen) atoms. The van der Waals surface area contributed by atoms with E-state index < -0.39 is 39.1 Å². The van der Waals surface area contributed by atoms with Crippen LogP contribution in [0.15, 0.2) is 55.2 Å². The topological polar surface area (TPSA) is 0 Å². The van der Waals surface area contributed by atoms with Crippen molar-refractivity contribution in [2.45, 2.75) is 74.0 Å². The van der Waals surface area contributed by atoms with Crippen LogP contribution in [0, 0.1) is 0 Å². The summed E-state index contributed by atoms with van der Waals surface area (Å²) in [5.41, 5.74) is 8.38. The van der Waals surface area contributed by atoms with Gasteiger partial charge in [0.05, 0.1) is 0 Å². The number of hydrogen-bond acceptors (Lipinski definition) is 0. The minimum absolute atomic E-state index is 0. The zero-order valence-electron chi connectivity index (χ0n) is 19.8. The van der Waals surface area contributed by atoms with Gasteiger partial charge in [0.15, 0.2) is 0 Å². The first-order chi connectivity index (χ1) is 15.2. The van der Waals surface area contributed by atoms with Gasteiger partial charge in [-0.1, -0.05) is 0 Å². The van der Waals surface area contributed by atoms with Crippen molar-refractivity contribution < 1.29 is 47.7 Å². The molecule has 2 saturated heterocycles. The van der Waals surface area contributed by atoms with Crippen molar-refractivity contribution in [3.05, 3.63) is 77.4 Å². The maximum absolute atomic E-state index is 2.72. The van der Waals surface area contributed by atoms with E-state index in [4.69, 9.17) is 0 Å². The molecule has 0 N–H and O–H groups in total.